The molecule has 0 amide bonds. The van der Waals surface area contributed by atoms with Crippen LogP contribution in [0.4, 0.5) is 0 Å². The molecule has 0 saturated heterocycles. The number of halogens is 2. The van der Waals surface area contributed by atoms with Gasteiger partial charge in [-0.25, -0.2) is 0 Å². The fraction of sp³-hybridized carbons (Fsp3) is 1.00. The molecule has 0 heterocycles. The van der Waals surface area contributed by atoms with Crippen LogP contribution >= 0.6 is 22.2 Å². The van der Waals surface area contributed by atoms with Crippen LogP contribution in [-0.4, -0.2) is 6.69 Å². The van der Waals surface area contributed by atoms with Gasteiger partial charge >= 0.3 is 0 Å². The average Bonchev–Trinajstić information content (AvgIpc) is 2.05. The van der Waals surface area contributed by atoms with Crippen LogP contribution in [0.15, 0.2) is 0 Å². The first-order valence-electron chi connectivity index (χ1n) is 5.34. The quantitative estimate of drug-likeness (QED) is 0.438. The molecule has 80 valence electrons. The molecule has 0 aromatic rings. The summed E-state index contributed by atoms with van der Waals surface area (Å²) in [6, 6.07) is 0. The first kappa shape index (κ1) is 13.8. The summed E-state index contributed by atoms with van der Waals surface area (Å²) >= 11 is 13.0. The lowest BCUT2D eigenvalue weighted by Crippen LogP contribution is -2.30. The Kier molecular flexibility index (Phi) is 6.70. The van der Waals surface area contributed by atoms with E-state index in [0.29, 0.717) is 11.1 Å². The Hall–Kier alpha value is 0.797. The molecule has 0 nitrogen and oxygen atoms in total. The third kappa shape index (κ3) is 4.22. The van der Waals surface area contributed by atoms with Crippen LogP contribution in [0.25, 0.3) is 0 Å². The summed E-state index contributed by atoms with van der Waals surface area (Å²) < 4.78 is 0. The maximum Gasteiger partial charge on any atom is 0.256 e. The summed E-state index contributed by atoms with van der Waals surface area (Å²) in [5.41, 5.74) is 1.06. The van der Waals surface area contributed by atoms with E-state index in [9.17, 15) is 0 Å². The molecular formula is C10H22Cl2Si. The van der Waals surface area contributed by atoms with E-state index in [1.165, 1.54) is 25.7 Å². The Balaban J connectivity index is 4.17. The summed E-state index contributed by atoms with van der Waals surface area (Å²) in [5.74, 6) is 0. The predicted molar refractivity (Wildman–Crippen MR) is 66.1 cm³/mol. The minimum absolute atomic E-state index is 0.530. The van der Waals surface area contributed by atoms with Crippen LogP contribution in [-0.2, 0) is 0 Å². The van der Waals surface area contributed by atoms with Gasteiger partial charge < -0.3 is 0 Å². The monoisotopic (exact) mass is 240 g/mol. The molecule has 0 aromatic heterocycles. The molecule has 0 radical (unpaired) electrons. The Bertz CT molecular complexity index is 123. The third-order valence-electron chi connectivity index (χ3n) is 2.76. The fourth-order valence-electron chi connectivity index (χ4n) is 1.74. The highest BCUT2D eigenvalue weighted by Gasteiger charge is 2.39. The summed E-state index contributed by atoms with van der Waals surface area (Å²) in [5, 5.41) is 0. The van der Waals surface area contributed by atoms with E-state index in [1.807, 2.05) is 0 Å². The summed E-state index contributed by atoms with van der Waals surface area (Å²) in [6.07, 6.45) is 4.73. The Labute approximate surface area is 93.4 Å². The zero-order chi connectivity index (χ0) is 10.5. The van der Waals surface area contributed by atoms with Gasteiger partial charge in [-0.2, -0.15) is 0 Å². The molecule has 3 heteroatoms. The van der Waals surface area contributed by atoms with Crippen molar-refractivity contribution in [2.45, 2.75) is 64.5 Å². The smallest absolute Gasteiger partial charge is 0.145 e. The minimum atomic E-state index is -2.01. The first-order chi connectivity index (χ1) is 5.96. The highest BCUT2D eigenvalue weighted by Crippen LogP contribution is 2.44. The number of hydrogen-bond donors (Lipinski definition) is 0. The Morgan fingerprint density at radius 2 is 1.23 bits per heavy atom. The lowest BCUT2D eigenvalue weighted by Gasteiger charge is -2.29. The normalized spacial score (nSPS) is 17.1. The zero-order valence-electron chi connectivity index (χ0n) is 9.24. The highest BCUT2D eigenvalue weighted by molar-refractivity contribution is 7.46. The lowest BCUT2D eigenvalue weighted by molar-refractivity contribution is 0.705. The molecule has 0 fully saturated rings. The van der Waals surface area contributed by atoms with Crippen molar-refractivity contribution in [3.63, 3.8) is 0 Å². The molecule has 2 unspecified atom stereocenters. The van der Waals surface area contributed by atoms with Gasteiger partial charge in [0.05, 0.1) is 0 Å². The van der Waals surface area contributed by atoms with Crippen LogP contribution in [0, 0.1) is 0 Å². The Morgan fingerprint density at radius 3 is 1.46 bits per heavy atom. The summed E-state index contributed by atoms with van der Waals surface area (Å²) in [7, 11) is 0. The summed E-state index contributed by atoms with van der Waals surface area (Å²) in [4.78, 5) is 0. The molecular weight excluding hydrogens is 219 g/mol. The molecule has 0 aliphatic carbocycles. The van der Waals surface area contributed by atoms with Gasteiger partial charge in [0.15, 0.2) is 0 Å². The van der Waals surface area contributed by atoms with Crippen molar-refractivity contribution in [2.24, 2.45) is 0 Å². The Morgan fingerprint density at radius 1 is 0.923 bits per heavy atom. The van der Waals surface area contributed by atoms with Crippen LogP contribution in [0.2, 0.25) is 11.1 Å². The largest absolute Gasteiger partial charge is 0.256 e. The van der Waals surface area contributed by atoms with Gasteiger partial charge in [0, 0.05) is 0 Å². The molecule has 2 atom stereocenters. The van der Waals surface area contributed by atoms with E-state index in [-0.39, 0.29) is 0 Å². The van der Waals surface area contributed by atoms with E-state index >= 15 is 0 Å². The second-order valence-corrected chi connectivity index (χ2v) is 11.7. The van der Waals surface area contributed by atoms with Gasteiger partial charge in [-0.1, -0.05) is 53.4 Å². The van der Waals surface area contributed by atoms with Crippen molar-refractivity contribution < 1.29 is 0 Å². The predicted octanol–water partition coefficient (Wildman–Crippen LogP) is 5.29. The van der Waals surface area contributed by atoms with Crippen LogP contribution in [0.3, 0.4) is 0 Å². The zero-order valence-corrected chi connectivity index (χ0v) is 11.8. The van der Waals surface area contributed by atoms with Gasteiger partial charge in [-0.15, -0.1) is 22.2 Å². The van der Waals surface area contributed by atoms with E-state index in [1.54, 1.807) is 0 Å². The van der Waals surface area contributed by atoms with Crippen LogP contribution in [0.5, 0.6) is 0 Å². The molecule has 0 saturated carbocycles. The molecule has 0 rings (SSSR count). The second-order valence-electron chi connectivity index (χ2n) is 4.05. The van der Waals surface area contributed by atoms with Gasteiger partial charge in [-0.3, -0.25) is 0 Å². The van der Waals surface area contributed by atoms with Crippen molar-refractivity contribution in [1.82, 2.24) is 0 Å². The molecule has 0 aliphatic rings. The molecule has 0 spiro atoms. The molecule has 0 bridgehead atoms. The van der Waals surface area contributed by atoms with Gasteiger partial charge in [0.2, 0.25) is 0 Å². The number of rotatable bonds is 6. The van der Waals surface area contributed by atoms with E-state index in [0.717, 1.165) is 0 Å². The third-order valence-corrected chi connectivity index (χ3v) is 10.4. The van der Waals surface area contributed by atoms with Gasteiger partial charge in [0.1, 0.15) is 0 Å². The van der Waals surface area contributed by atoms with Crippen LogP contribution < -0.4 is 0 Å². The standard InChI is InChI=1S/C10H22Cl2Si/c1-5-7-9(3)13(11,12)10(4)8-6-2/h9-10H,5-8H2,1-4H3. The lowest BCUT2D eigenvalue weighted by atomic mass is 10.2. The summed E-state index contributed by atoms with van der Waals surface area (Å²) in [6.45, 7) is 6.80. The molecule has 13 heavy (non-hydrogen) atoms. The fourth-order valence-corrected chi connectivity index (χ4v) is 5.36. The van der Waals surface area contributed by atoms with Crippen molar-refractivity contribution >= 4 is 28.9 Å². The first-order valence-corrected chi connectivity index (χ1v) is 9.52. The molecule has 0 aliphatic heterocycles. The van der Waals surface area contributed by atoms with Crippen molar-refractivity contribution in [2.75, 3.05) is 0 Å². The van der Waals surface area contributed by atoms with E-state index < -0.39 is 6.69 Å². The second kappa shape index (κ2) is 6.31. The van der Waals surface area contributed by atoms with Gasteiger partial charge in [-0.05, 0) is 11.1 Å². The highest BCUT2D eigenvalue weighted by atomic mass is 35.7. The topological polar surface area (TPSA) is 0 Å². The number of hydrogen-bond acceptors (Lipinski definition) is 0. The maximum atomic E-state index is 6.50. The molecule has 0 aromatic carbocycles. The maximum absolute atomic E-state index is 6.50. The van der Waals surface area contributed by atoms with Gasteiger partial charge in [0.25, 0.3) is 6.69 Å². The van der Waals surface area contributed by atoms with Crippen molar-refractivity contribution in [3.8, 4) is 0 Å². The SMILES string of the molecule is CCCC(C)[Si](Cl)(Cl)C(C)CCC. The minimum Gasteiger partial charge on any atom is -0.145 e. The average molecular weight is 241 g/mol. The van der Waals surface area contributed by atoms with E-state index in [4.69, 9.17) is 22.2 Å². The van der Waals surface area contributed by atoms with Crippen molar-refractivity contribution in [1.29, 1.82) is 0 Å². The van der Waals surface area contributed by atoms with Crippen molar-refractivity contribution in [3.05, 3.63) is 0 Å². The van der Waals surface area contributed by atoms with Crippen LogP contribution in [0.1, 0.15) is 53.4 Å². The van der Waals surface area contributed by atoms with E-state index in [2.05, 4.69) is 27.7 Å². The molecule has 0 N–H and O–H groups in total.